The molecule has 2 aromatic heterocycles. The standard InChI is InChI=1S/C14H18N4O3/c1-10(2)21-14-15-8-12(17(14)4)13(19)16(3)11-6-5-7-18(20)9-11/h5-10H,1-4H3. The van der Waals surface area contributed by atoms with Crippen molar-refractivity contribution in [1.82, 2.24) is 9.55 Å². The lowest BCUT2D eigenvalue weighted by atomic mass is 10.3. The average molecular weight is 290 g/mol. The van der Waals surface area contributed by atoms with Crippen LogP contribution in [-0.2, 0) is 7.05 Å². The minimum Gasteiger partial charge on any atom is -0.619 e. The summed E-state index contributed by atoms with van der Waals surface area (Å²) in [5.41, 5.74) is 0.888. The number of amides is 1. The van der Waals surface area contributed by atoms with Crippen molar-refractivity contribution in [2.45, 2.75) is 20.0 Å². The number of hydrogen-bond acceptors (Lipinski definition) is 4. The van der Waals surface area contributed by atoms with Crippen molar-refractivity contribution < 1.29 is 14.3 Å². The summed E-state index contributed by atoms with van der Waals surface area (Å²) in [5, 5.41) is 11.3. The molecular weight excluding hydrogens is 272 g/mol. The maximum Gasteiger partial charge on any atom is 0.296 e. The quantitative estimate of drug-likeness (QED) is 0.624. The van der Waals surface area contributed by atoms with Crippen LogP contribution in [0, 0.1) is 5.21 Å². The predicted octanol–water partition coefficient (Wildman–Crippen LogP) is 1.12. The van der Waals surface area contributed by atoms with Gasteiger partial charge in [0.15, 0.2) is 6.20 Å². The van der Waals surface area contributed by atoms with E-state index in [-0.39, 0.29) is 12.0 Å². The number of carbonyl (C=O) groups excluding carboxylic acids is 1. The van der Waals surface area contributed by atoms with Gasteiger partial charge >= 0.3 is 0 Å². The van der Waals surface area contributed by atoms with Gasteiger partial charge in [-0.15, -0.1) is 0 Å². The van der Waals surface area contributed by atoms with Gasteiger partial charge in [0.1, 0.15) is 11.4 Å². The highest BCUT2D eigenvalue weighted by atomic mass is 16.5. The van der Waals surface area contributed by atoms with Gasteiger partial charge in [0.05, 0.1) is 12.3 Å². The number of rotatable bonds is 4. The van der Waals surface area contributed by atoms with Crippen LogP contribution in [-0.4, -0.2) is 28.6 Å². The van der Waals surface area contributed by atoms with Gasteiger partial charge in [-0.2, -0.15) is 4.73 Å². The fourth-order valence-corrected chi connectivity index (χ4v) is 1.84. The molecule has 0 radical (unpaired) electrons. The van der Waals surface area contributed by atoms with E-state index < -0.39 is 0 Å². The van der Waals surface area contributed by atoms with Crippen LogP contribution < -0.4 is 14.4 Å². The zero-order valence-electron chi connectivity index (χ0n) is 12.5. The first-order chi connectivity index (χ1) is 9.90. The molecule has 0 aromatic carbocycles. The Morgan fingerprint density at radius 1 is 1.52 bits per heavy atom. The van der Waals surface area contributed by atoms with Crippen LogP contribution in [0.25, 0.3) is 0 Å². The maximum atomic E-state index is 12.5. The van der Waals surface area contributed by atoms with Crippen molar-refractivity contribution in [1.29, 1.82) is 0 Å². The highest BCUT2D eigenvalue weighted by Crippen LogP contribution is 2.17. The lowest BCUT2D eigenvalue weighted by molar-refractivity contribution is -0.604. The Labute approximate surface area is 123 Å². The minimum absolute atomic E-state index is 0.0275. The molecule has 0 aliphatic heterocycles. The second-order valence-corrected chi connectivity index (χ2v) is 4.94. The van der Waals surface area contributed by atoms with E-state index in [1.165, 1.54) is 23.5 Å². The molecular formula is C14H18N4O3. The summed E-state index contributed by atoms with van der Waals surface area (Å²) in [6.45, 7) is 3.78. The summed E-state index contributed by atoms with van der Waals surface area (Å²) in [5.74, 6) is -0.269. The van der Waals surface area contributed by atoms with Gasteiger partial charge in [0.2, 0.25) is 6.20 Å². The van der Waals surface area contributed by atoms with E-state index in [9.17, 15) is 10.0 Å². The van der Waals surface area contributed by atoms with Gasteiger partial charge in [-0.05, 0) is 19.9 Å². The van der Waals surface area contributed by atoms with E-state index in [2.05, 4.69) is 4.98 Å². The van der Waals surface area contributed by atoms with Gasteiger partial charge < -0.3 is 14.8 Å². The van der Waals surface area contributed by atoms with Crippen molar-refractivity contribution in [3.05, 3.63) is 41.6 Å². The molecule has 0 aliphatic carbocycles. The summed E-state index contributed by atoms with van der Waals surface area (Å²) in [6, 6.07) is 3.66. The molecule has 0 atom stereocenters. The monoisotopic (exact) mass is 290 g/mol. The van der Waals surface area contributed by atoms with Crippen LogP contribution in [0.15, 0.2) is 30.7 Å². The van der Waals surface area contributed by atoms with Gasteiger partial charge in [0, 0.05) is 20.2 Å². The Kier molecular flexibility index (Phi) is 4.11. The first-order valence-electron chi connectivity index (χ1n) is 6.55. The maximum absolute atomic E-state index is 12.5. The molecule has 0 bridgehead atoms. The molecule has 2 heterocycles. The van der Waals surface area contributed by atoms with Crippen LogP contribution in [0.2, 0.25) is 0 Å². The second kappa shape index (κ2) is 5.82. The van der Waals surface area contributed by atoms with Crippen molar-refractivity contribution in [3.63, 3.8) is 0 Å². The summed E-state index contributed by atoms with van der Waals surface area (Å²) in [4.78, 5) is 18.0. The van der Waals surface area contributed by atoms with Crippen LogP contribution in [0.3, 0.4) is 0 Å². The van der Waals surface area contributed by atoms with Crippen LogP contribution >= 0.6 is 0 Å². The molecule has 21 heavy (non-hydrogen) atoms. The predicted molar refractivity (Wildman–Crippen MR) is 77.1 cm³/mol. The van der Waals surface area contributed by atoms with Crippen LogP contribution in [0.4, 0.5) is 5.69 Å². The number of nitrogens with zero attached hydrogens (tertiary/aromatic N) is 4. The minimum atomic E-state index is -0.269. The topological polar surface area (TPSA) is 74.3 Å². The summed E-state index contributed by atoms with van der Waals surface area (Å²) >= 11 is 0. The fourth-order valence-electron chi connectivity index (χ4n) is 1.84. The fraction of sp³-hybridized carbons (Fsp3) is 0.357. The first-order valence-corrected chi connectivity index (χ1v) is 6.55. The van der Waals surface area contributed by atoms with E-state index in [1.54, 1.807) is 30.8 Å². The normalized spacial score (nSPS) is 10.7. The number of hydrogen-bond donors (Lipinski definition) is 0. The lowest BCUT2D eigenvalue weighted by Gasteiger charge is -2.16. The molecule has 0 N–H and O–H groups in total. The molecule has 1 amide bonds. The molecule has 0 spiro atoms. The van der Waals surface area contributed by atoms with Gasteiger partial charge in [0.25, 0.3) is 11.9 Å². The van der Waals surface area contributed by atoms with Crippen LogP contribution in [0.5, 0.6) is 6.01 Å². The SMILES string of the molecule is CC(C)Oc1ncc(C(=O)N(C)c2ccc[n+]([O-])c2)n1C. The van der Waals surface area contributed by atoms with Gasteiger partial charge in [-0.3, -0.25) is 9.36 Å². The van der Waals surface area contributed by atoms with Crippen LogP contribution in [0.1, 0.15) is 24.3 Å². The summed E-state index contributed by atoms with van der Waals surface area (Å²) in [7, 11) is 3.32. The number of carbonyl (C=O) groups is 1. The smallest absolute Gasteiger partial charge is 0.296 e. The molecule has 2 rings (SSSR count). The van der Waals surface area contributed by atoms with E-state index in [0.717, 1.165) is 0 Å². The number of ether oxygens (including phenoxy) is 1. The van der Waals surface area contributed by atoms with Gasteiger partial charge in [-0.1, -0.05) is 0 Å². The van der Waals surface area contributed by atoms with Crippen molar-refractivity contribution >= 4 is 11.6 Å². The Morgan fingerprint density at radius 3 is 2.86 bits per heavy atom. The molecule has 7 heteroatoms. The number of pyridine rings is 1. The Balaban J connectivity index is 2.26. The average Bonchev–Trinajstić information content (AvgIpc) is 2.78. The number of imidazole rings is 1. The number of anilines is 1. The Morgan fingerprint density at radius 2 is 2.24 bits per heavy atom. The van der Waals surface area contributed by atoms with E-state index in [0.29, 0.717) is 22.1 Å². The summed E-state index contributed by atoms with van der Waals surface area (Å²) < 4.78 is 7.75. The number of aromatic nitrogens is 3. The zero-order chi connectivity index (χ0) is 15.6. The van der Waals surface area contributed by atoms with E-state index >= 15 is 0 Å². The third kappa shape index (κ3) is 3.13. The largest absolute Gasteiger partial charge is 0.619 e. The molecule has 7 nitrogen and oxygen atoms in total. The van der Waals surface area contributed by atoms with Crippen molar-refractivity contribution in [2.75, 3.05) is 11.9 Å². The highest BCUT2D eigenvalue weighted by Gasteiger charge is 2.21. The van der Waals surface area contributed by atoms with Crippen molar-refractivity contribution in [3.8, 4) is 6.01 Å². The zero-order valence-corrected chi connectivity index (χ0v) is 12.5. The molecule has 0 unspecified atom stereocenters. The summed E-state index contributed by atoms with van der Waals surface area (Å²) in [6.07, 6.45) is 4.13. The molecule has 0 saturated carbocycles. The van der Waals surface area contributed by atoms with Crippen molar-refractivity contribution in [2.24, 2.45) is 7.05 Å². The highest BCUT2D eigenvalue weighted by molar-refractivity contribution is 6.04. The lowest BCUT2D eigenvalue weighted by Crippen LogP contribution is -2.32. The van der Waals surface area contributed by atoms with E-state index in [1.807, 2.05) is 13.8 Å². The molecule has 0 fully saturated rings. The molecule has 112 valence electrons. The molecule has 2 aromatic rings. The third-order valence-electron chi connectivity index (χ3n) is 2.96. The van der Waals surface area contributed by atoms with Gasteiger partial charge in [-0.25, -0.2) is 4.98 Å². The Hall–Kier alpha value is -2.57. The molecule has 0 aliphatic rings. The second-order valence-electron chi connectivity index (χ2n) is 4.94. The Bertz CT molecular complexity index is 651. The third-order valence-corrected chi connectivity index (χ3v) is 2.96. The first kappa shape index (κ1) is 14.8. The van der Waals surface area contributed by atoms with E-state index in [4.69, 9.17) is 4.74 Å². The molecule has 0 saturated heterocycles.